The summed E-state index contributed by atoms with van der Waals surface area (Å²) in [7, 11) is -4.59. The molecule has 0 bridgehead atoms. The second-order valence-corrected chi connectivity index (χ2v) is 3.09. The Labute approximate surface area is 94.8 Å². The Bertz CT molecular complexity index is 373. The highest BCUT2D eigenvalue weighted by atomic mass is 32.2. The summed E-state index contributed by atoms with van der Waals surface area (Å²) in [6, 6.07) is -1.17. The van der Waals surface area contributed by atoms with Gasteiger partial charge in [0.25, 0.3) is 0 Å². The van der Waals surface area contributed by atoms with Gasteiger partial charge in [0.05, 0.1) is 0 Å². The quantitative estimate of drug-likeness (QED) is 0.0831. The lowest BCUT2D eigenvalue weighted by Gasteiger charge is -1.85. The highest BCUT2D eigenvalue weighted by Gasteiger charge is 2.00. The number of carbonyl (C=O) groups is 1. The predicted octanol–water partition coefficient (Wildman–Crippen LogP) is -1.41. The summed E-state index contributed by atoms with van der Waals surface area (Å²) in [5, 5.41) is 5.17. The molecule has 0 aromatic carbocycles. The number of nitrogens with one attached hydrogen (secondary N) is 3. The first-order valence-electron chi connectivity index (χ1n) is 3.05. The number of hydrazine groups is 2. The van der Waals surface area contributed by atoms with Gasteiger partial charge in [-0.15, -0.1) is 5.11 Å². The van der Waals surface area contributed by atoms with Crippen LogP contribution in [-0.2, 0) is 10.3 Å². The van der Waals surface area contributed by atoms with Crippen LogP contribution in [0.15, 0.2) is 14.7 Å². The van der Waals surface area contributed by atoms with Crippen LogP contribution in [0.3, 0.4) is 0 Å². The van der Waals surface area contributed by atoms with Crippen LogP contribution in [0.5, 0.6) is 0 Å². The lowest BCUT2D eigenvalue weighted by Crippen LogP contribution is -2.26. The number of nitrogens with two attached hydrogens (primary N) is 2. The molecular weight excluding hydrogens is 264 g/mol. The van der Waals surface area contributed by atoms with E-state index >= 15 is 0 Å². The SMILES string of the molecule is N=NC(=S)NN.NNC(=O)N=NS(=O)(=O)O. The van der Waals surface area contributed by atoms with Crippen LogP contribution in [0.4, 0.5) is 4.79 Å². The molecule has 92 valence electrons. The van der Waals surface area contributed by atoms with E-state index in [0.29, 0.717) is 0 Å². The lowest BCUT2D eigenvalue weighted by atomic mass is 11.1. The van der Waals surface area contributed by atoms with Gasteiger partial charge in [0.2, 0.25) is 5.11 Å². The largest absolute Gasteiger partial charge is 0.396 e. The Morgan fingerprint density at radius 3 is 2.06 bits per heavy atom. The first kappa shape index (κ1) is 16.8. The maximum Gasteiger partial charge on any atom is 0.396 e. The number of nitrogens with zero attached hydrogens (tertiary/aromatic N) is 3. The van der Waals surface area contributed by atoms with Gasteiger partial charge >= 0.3 is 16.3 Å². The van der Waals surface area contributed by atoms with E-state index in [9.17, 15) is 13.2 Å². The highest BCUT2D eigenvalue weighted by Crippen LogP contribution is 1.85. The number of amides is 2. The fourth-order valence-corrected chi connectivity index (χ4v) is 0.327. The Morgan fingerprint density at radius 1 is 1.38 bits per heavy atom. The van der Waals surface area contributed by atoms with Crippen molar-refractivity contribution in [3.63, 3.8) is 0 Å². The van der Waals surface area contributed by atoms with E-state index in [1.165, 1.54) is 5.43 Å². The van der Waals surface area contributed by atoms with E-state index in [4.69, 9.17) is 10.1 Å². The summed E-state index contributed by atoms with van der Waals surface area (Å²) >= 11 is 4.27. The van der Waals surface area contributed by atoms with Crippen LogP contribution in [0.2, 0.25) is 0 Å². The molecule has 0 aliphatic heterocycles. The molecule has 0 rings (SSSR count). The summed E-state index contributed by atoms with van der Waals surface area (Å²) in [4.78, 5) is 9.99. The standard InChI is InChI=1S/CH4N4O4S.CH4N4S/c2-3-1(6)4-5-10(7,8)9;2-4-1(6)5-3/h2H2,(H,3,6)(H,7,8,9);2H,3H2,(H,5,6). The third-order valence-electron chi connectivity index (χ3n) is 0.583. The smallest absolute Gasteiger partial charge is 0.298 e. The van der Waals surface area contributed by atoms with E-state index in [-0.39, 0.29) is 5.11 Å². The predicted molar refractivity (Wildman–Crippen MR) is 54.2 cm³/mol. The molecule has 8 N–H and O–H groups in total. The lowest BCUT2D eigenvalue weighted by molar-refractivity contribution is 0.248. The molecule has 14 heteroatoms. The zero-order valence-electron chi connectivity index (χ0n) is 7.48. The van der Waals surface area contributed by atoms with Gasteiger partial charge in [0, 0.05) is 0 Å². The van der Waals surface area contributed by atoms with Crippen LogP contribution >= 0.6 is 12.2 Å². The molecule has 12 nitrogen and oxygen atoms in total. The van der Waals surface area contributed by atoms with Crippen LogP contribution in [0.1, 0.15) is 0 Å². The molecule has 0 aliphatic carbocycles. The van der Waals surface area contributed by atoms with Gasteiger partial charge in [-0.05, 0) is 16.7 Å². The van der Waals surface area contributed by atoms with Crippen LogP contribution in [0.25, 0.3) is 0 Å². The minimum Gasteiger partial charge on any atom is -0.298 e. The van der Waals surface area contributed by atoms with Crippen LogP contribution in [0, 0.1) is 5.53 Å². The fourth-order valence-electron chi connectivity index (χ4n) is 0.150. The number of urea groups is 1. The Morgan fingerprint density at radius 2 is 1.88 bits per heavy atom. The number of carbonyl (C=O) groups excluding carboxylic acids is 1. The number of thiocarbonyl (C=S) groups is 1. The van der Waals surface area contributed by atoms with Crippen molar-refractivity contribution in [2.24, 2.45) is 26.4 Å². The second kappa shape index (κ2) is 8.68. The molecule has 0 aliphatic rings. The normalized spacial score (nSPS) is 9.94. The molecule has 0 radical (unpaired) electrons. The van der Waals surface area contributed by atoms with Crippen LogP contribution < -0.4 is 22.5 Å². The summed E-state index contributed by atoms with van der Waals surface area (Å²) in [6.07, 6.45) is 0. The maximum absolute atomic E-state index is 9.99. The molecule has 0 spiro atoms. The monoisotopic (exact) mass is 272 g/mol. The van der Waals surface area contributed by atoms with E-state index in [1.807, 2.05) is 5.43 Å². The molecule has 0 aromatic heterocycles. The number of hydrogen-bond donors (Lipinski definition) is 6. The van der Waals surface area contributed by atoms with Crippen molar-refractivity contribution in [1.82, 2.24) is 10.9 Å². The average molecular weight is 272 g/mol. The summed E-state index contributed by atoms with van der Waals surface area (Å²) in [5.41, 5.74) is 9.60. The Hall–Kier alpha value is -1.61. The van der Waals surface area contributed by atoms with Gasteiger partial charge < -0.3 is 0 Å². The van der Waals surface area contributed by atoms with E-state index in [1.54, 1.807) is 0 Å². The van der Waals surface area contributed by atoms with Gasteiger partial charge in [-0.2, -0.15) is 8.42 Å². The van der Waals surface area contributed by atoms with Crippen molar-refractivity contribution in [2.75, 3.05) is 0 Å². The Kier molecular flexibility index (Phi) is 9.12. The van der Waals surface area contributed by atoms with Crippen molar-refractivity contribution in [2.45, 2.75) is 0 Å². The molecule has 0 atom stereocenters. The zero-order chi connectivity index (χ0) is 13.2. The first-order valence-corrected chi connectivity index (χ1v) is 4.86. The average Bonchev–Trinajstić information content (AvgIpc) is 2.24. The van der Waals surface area contributed by atoms with Crippen molar-refractivity contribution >= 4 is 33.7 Å². The molecule has 0 aromatic rings. The molecule has 0 saturated carbocycles. The molecule has 0 saturated heterocycles. The summed E-state index contributed by atoms with van der Waals surface area (Å²) in [5.74, 6) is 9.15. The Balaban J connectivity index is 0. The van der Waals surface area contributed by atoms with E-state index in [0.717, 1.165) is 0 Å². The highest BCUT2D eigenvalue weighted by molar-refractivity contribution is 7.84. The van der Waals surface area contributed by atoms with Gasteiger partial charge in [0.15, 0.2) is 0 Å². The van der Waals surface area contributed by atoms with Gasteiger partial charge in [-0.1, -0.05) is 5.11 Å². The minimum atomic E-state index is -4.59. The van der Waals surface area contributed by atoms with Crippen molar-refractivity contribution in [3.05, 3.63) is 0 Å². The first-order chi connectivity index (χ1) is 7.26. The second-order valence-electron chi connectivity index (χ2n) is 1.64. The fraction of sp³-hybridized carbons (Fsp3) is 0. The third-order valence-corrected chi connectivity index (χ3v) is 1.08. The zero-order valence-corrected chi connectivity index (χ0v) is 9.12. The van der Waals surface area contributed by atoms with Gasteiger partial charge in [-0.25, -0.2) is 22.0 Å². The van der Waals surface area contributed by atoms with Crippen molar-refractivity contribution < 1.29 is 17.8 Å². The number of hydrogen-bond acceptors (Lipinski definition) is 7. The number of rotatable bonds is 1. The third kappa shape index (κ3) is 14.9. The van der Waals surface area contributed by atoms with Crippen molar-refractivity contribution in [1.29, 1.82) is 5.53 Å². The molecule has 16 heavy (non-hydrogen) atoms. The van der Waals surface area contributed by atoms with E-state index < -0.39 is 16.3 Å². The molecule has 2 amide bonds. The molecule has 0 fully saturated rings. The van der Waals surface area contributed by atoms with Gasteiger partial charge in [0.1, 0.15) is 0 Å². The maximum atomic E-state index is 9.99. The molecule has 0 heterocycles. The summed E-state index contributed by atoms with van der Waals surface area (Å²) in [6.45, 7) is 0. The molecule has 0 unspecified atom stereocenters. The van der Waals surface area contributed by atoms with E-state index in [2.05, 4.69) is 38.7 Å². The topological polar surface area (TPSA) is 208 Å². The minimum absolute atomic E-state index is 0.00463. The van der Waals surface area contributed by atoms with Crippen LogP contribution in [-0.4, -0.2) is 24.1 Å². The van der Waals surface area contributed by atoms with Crippen molar-refractivity contribution in [3.8, 4) is 0 Å². The van der Waals surface area contributed by atoms with Gasteiger partial charge in [-0.3, -0.25) is 15.4 Å². The summed E-state index contributed by atoms with van der Waals surface area (Å²) < 4.78 is 29.5. The molecular formula is C2H8N8O4S2.